The number of nitriles is 1. The first kappa shape index (κ1) is 30.7. The normalized spacial score (nSPS) is 11.6. The Kier molecular flexibility index (Phi) is 6.61. The number of nitrogens with zero attached hydrogens (tertiary/aromatic N) is 5. The van der Waals surface area contributed by atoms with Crippen molar-refractivity contribution in [2.24, 2.45) is 0 Å². The molecule has 0 aliphatic heterocycles. The number of fused-ring (bicyclic) bond motifs is 9. The Morgan fingerprint density at radius 1 is 0.418 bits per heavy atom. The van der Waals surface area contributed by atoms with Crippen LogP contribution in [0.2, 0.25) is 0 Å². The monoisotopic (exact) mass is 699 g/mol. The third kappa shape index (κ3) is 4.45. The Balaban J connectivity index is 1.13. The first-order valence-corrected chi connectivity index (χ1v) is 18.3. The predicted octanol–water partition coefficient (Wildman–Crippen LogP) is 13.1. The quantitative estimate of drug-likeness (QED) is 0.169. The maximum atomic E-state index is 10.2. The highest BCUT2D eigenvalue weighted by molar-refractivity contribution is 6.13. The SMILES string of the molecule is [C-]#[N+]c1ccc(-n2c3ccccc3c3ccc(-n4c5ccccc5c5ccccc54)cc32)cc1-c1cccc(-n2c3ccccc3c3cccc(C#N)c32)c1. The molecule has 0 saturated heterocycles. The summed E-state index contributed by atoms with van der Waals surface area (Å²) in [4.78, 5) is 4.01. The lowest BCUT2D eigenvalue weighted by atomic mass is 10.0. The number of para-hydroxylation sites is 5. The number of hydrogen-bond donors (Lipinski definition) is 0. The lowest BCUT2D eigenvalue weighted by Gasteiger charge is -2.15. The van der Waals surface area contributed by atoms with Gasteiger partial charge in [0.05, 0.1) is 45.2 Å². The van der Waals surface area contributed by atoms with Gasteiger partial charge in [-0.3, -0.25) is 0 Å². The van der Waals surface area contributed by atoms with E-state index in [1.807, 2.05) is 36.4 Å². The van der Waals surface area contributed by atoms with Crippen molar-refractivity contribution < 1.29 is 0 Å². The molecule has 0 aliphatic carbocycles. The molecule has 0 fully saturated rings. The van der Waals surface area contributed by atoms with Crippen LogP contribution in [-0.2, 0) is 0 Å². The van der Waals surface area contributed by atoms with Crippen molar-refractivity contribution >= 4 is 71.1 Å². The minimum absolute atomic E-state index is 0.576. The average Bonchev–Trinajstić information content (AvgIpc) is 3.89. The van der Waals surface area contributed by atoms with Gasteiger partial charge >= 0.3 is 0 Å². The zero-order valence-electron chi connectivity index (χ0n) is 29.5. The molecule has 55 heavy (non-hydrogen) atoms. The first-order valence-electron chi connectivity index (χ1n) is 18.3. The van der Waals surface area contributed by atoms with Crippen LogP contribution in [-0.4, -0.2) is 13.7 Å². The molecule has 5 heteroatoms. The molecule has 0 bridgehead atoms. The van der Waals surface area contributed by atoms with E-state index in [1.54, 1.807) is 0 Å². The van der Waals surface area contributed by atoms with Gasteiger partial charge in [-0.05, 0) is 77.9 Å². The predicted molar refractivity (Wildman–Crippen MR) is 226 cm³/mol. The third-order valence-corrected chi connectivity index (χ3v) is 11.1. The largest absolute Gasteiger partial charge is 0.309 e. The van der Waals surface area contributed by atoms with E-state index in [0.717, 1.165) is 66.4 Å². The average molecular weight is 700 g/mol. The van der Waals surface area contributed by atoms with Crippen LogP contribution in [0.3, 0.4) is 0 Å². The fourth-order valence-corrected chi connectivity index (χ4v) is 8.76. The molecule has 11 rings (SSSR count). The van der Waals surface area contributed by atoms with E-state index in [2.05, 4.69) is 164 Å². The molecule has 11 aromatic rings. The molecule has 254 valence electrons. The minimum atomic E-state index is 0.576. The summed E-state index contributed by atoms with van der Waals surface area (Å²) in [6.45, 7) is 8.22. The first-order chi connectivity index (χ1) is 27.2. The van der Waals surface area contributed by atoms with Gasteiger partial charge in [0.1, 0.15) is 6.07 Å². The molecule has 0 aliphatic rings. The molecule has 0 radical (unpaired) electrons. The Morgan fingerprint density at radius 3 is 1.55 bits per heavy atom. The second kappa shape index (κ2) is 11.8. The number of benzene rings is 8. The molecule has 0 atom stereocenters. The van der Waals surface area contributed by atoms with Gasteiger partial charge < -0.3 is 13.7 Å². The Hall–Kier alpha value is -7.86. The fraction of sp³-hybridized carbons (Fsp3) is 0. The highest BCUT2D eigenvalue weighted by Gasteiger charge is 2.19. The lowest BCUT2D eigenvalue weighted by Crippen LogP contribution is -1.98. The van der Waals surface area contributed by atoms with Crippen molar-refractivity contribution in [3.05, 3.63) is 193 Å². The van der Waals surface area contributed by atoms with Crippen molar-refractivity contribution in [1.29, 1.82) is 5.26 Å². The lowest BCUT2D eigenvalue weighted by molar-refractivity contribution is 1.15. The van der Waals surface area contributed by atoms with Crippen molar-refractivity contribution in [3.63, 3.8) is 0 Å². The third-order valence-electron chi connectivity index (χ3n) is 11.1. The number of aromatic nitrogens is 3. The van der Waals surface area contributed by atoms with E-state index < -0.39 is 0 Å². The van der Waals surface area contributed by atoms with Crippen molar-refractivity contribution in [2.75, 3.05) is 0 Å². The molecule has 0 N–H and O–H groups in total. The van der Waals surface area contributed by atoms with Crippen molar-refractivity contribution in [2.45, 2.75) is 0 Å². The number of hydrogen-bond acceptors (Lipinski definition) is 1. The molecule has 3 aromatic heterocycles. The van der Waals surface area contributed by atoms with Gasteiger partial charge in [-0.2, -0.15) is 5.26 Å². The second-order valence-corrected chi connectivity index (χ2v) is 14.0. The molecular weight excluding hydrogens is 671 g/mol. The van der Waals surface area contributed by atoms with Crippen molar-refractivity contribution in [1.82, 2.24) is 13.7 Å². The van der Waals surface area contributed by atoms with Gasteiger partial charge in [0.25, 0.3) is 0 Å². The maximum Gasteiger partial charge on any atom is 0.195 e. The maximum absolute atomic E-state index is 10.2. The molecular formula is C50H29N5. The summed E-state index contributed by atoms with van der Waals surface area (Å²) in [5.41, 5.74) is 12.4. The summed E-state index contributed by atoms with van der Waals surface area (Å²) in [5, 5.41) is 17.1. The van der Waals surface area contributed by atoms with E-state index in [0.29, 0.717) is 11.3 Å². The summed E-state index contributed by atoms with van der Waals surface area (Å²) in [6.07, 6.45) is 0. The standard InChI is InChI=1S/C50H29N5/c1-52-44-27-25-35(29-43(44)32-12-10-14-34(28-32)55-48-23-9-5-18-40(48)42-19-11-13-33(31-51)50(42)55)54-47-22-8-4-17-39(47)41-26-24-36(30-49(41)54)53-45-20-6-2-15-37(45)38-16-3-7-21-46(38)53/h2-30H. The second-order valence-electron chi connectivity index (χ2n) is 14.0. The van der Waals surface area contributed by atoms with Crippen LogP contribution < -0.4 is 0 Å². The summed E-state index contributed by atoms with van der Waals surface area (Å²) >= 11 is 0. The summed E-state index contributed by atoms with van der Waals surface area (Å²) < 4.78 is 6.87. The summed E-state index contributed by atoms with van der Waals surface area (Å²) in [5.74, 6) is 0. The van der Waals surface area contributed by atoms with Crippen LogP contribution in [0.4, 0.5) is 5.69 Å². The zero-order chi connectivity index (χ0) is 36.6. The van der Waals surface area contributed by atoms with Crippen LogP contribution in [0.5, 0.6) is 0 Å². The molecule has 0 saturated carbocycles. The highest BCUT2D eigenvalue weighted by atomic mass is 15.0. The number of rotatable bonds is 4. The summed E-state index contributed by atoms with van der Waals surface area (Å²) in [6, 6.07) is 63.6. The van der Waals surface area contributed by atoms with E-state index in [9.17, 15) is 5.26 Å². The van der Waals surface area contributed by atoms with Crippen LogP contribution >= 0.6 is 0 Å². The van der Waals surface area contributed by atoms with Crippen LogP contribution in [0, 0.1) is 17.9 Å². The molecule has 8 aromatic carbocycles. The molecule has 0 unspecified atom stereocenters. The van der Waals surface area contributed by atoms with Gasteiger partial charge in [-0.15, -0.1) is 0 Å². The molecule has 3 heterocycles. The molecule has 0 amide bonds. The van der Waals surface area contributed by atoms with Crippen LogP contribution in [0.1, 0.15) is 5.56 Å². The van der Waals surface area contributed by atoms with Gasteiger partial charge in [-0.25, -0.2) is 4.85 Å². The van der Waals surface area contributed by atoms with Crippen molar-refractivity contribution in [3.8, 4) is 34.3 Å². The molecule has 5 nitrogen and oxygen atoms in total. The Morgan fingerprint density at radius 2 is 0.909 bits per heavy atom. The van der Waals surface area contributed by atoms with Crippen LogP contribution in [0.25, 0.3) is 98.5 Å². The van der Waals surface area contributed by atoms with Gasteiger partial charge in [-0.1, -0.05) is 109 Å². The topological polar surface area (TPSA) is 42.9 Å². The Labute approximate surface area is 316 Å². The van der Waals surface area contributed by atoms with E-state index in [-0.39, 0.29) is 0 Å². The minimum Gasteiger partial charge on any atom is -0.309 e. The van der Waals surface area contributed by atoms with Gasteiger partial charge in [0.2, 0.25) is 0 Å². The molecule has 0 spiro atoms. The van der Waals surface area contributed by atoms with E-state index in [1.165, 1.54) is 27.2 Å². The zero-order valence-corrected chi connectivity index (χ0v) is 29.5. The summed E-state index contributed by atoms with van der Waals surface area (Å²) in [7, 11) is 0. The Bertz CT molecular complexity index is 3420. The highest BCUT2D eigenvalue weighted by Crippen LogP contribution is 2.41. The van der Waals surface area contributed by atoms with Crippen LogP contribution in [0.15, 0.2) is 176 Å². The van der Waals surface area contributed by atoms with Gasteiger partial charge in [0.15, 0.2) is 5.69 Å². The van der Waals surface area contributed by atoms with E-state index in [4.69, 9.17) is 6.57 Å². The van der Waals surface area contributed by atoms with Gasteiger partial charge in [0, 0.05) is 49.4 Å². The smallest absolute Gasteiger partial charge is 0.195 e. The van der Waals surface area contributed by atoms with E-state index >= 15 is 0 Å². The fourth-order valence-electron chi connectivity index (χ4n) is 8.76.